The highest BCUT2D eigenvalue weighted by molar-refractivity contribution is 7.16. The van der Waals surface area contributed by atoms with Crippen LogP contribution < -0.4 is 10.2 Å². The van der Waals surface area contributed by atoms with Crippen molar-refractivity contribution >= 4 is 28.1 Å². The predicted molar refractivity (Wildman–Crippen MR) is 73.2 cm³/mol. The van der Waals surface area contributed by atoms with E-state index in [1.54, 1.807) is 0 Å². The first-order chi connectivity index (χ1) is 8.79. The summed E-state index contributed by atoms with van der Waals surface area (Å²) in [4.78, 5) is 7.20. The Labute approximate surface area is 116 Å². The van der Waals surface area contributed by atoms with E-state index in [1.165, 1.54) is 37.0 Å². The molecular formula is C12H15ClN4S. The molecule has 1 aromatic heterocycles. The van der Waals surface area contributed by atoms with E-state index in [-0.39, 0.29) is 0 Å². The molecule has 2 saturated heterocycles. The molecule has 0 saturated carbocycles. The van der Waals surface area contributed by atoms with Crippen LogP contribution in [-0.2, 0) is 0 Å². The van der Waals surface area contributed by atoms with Gasteiger partial charge < -0.3 is 10.2 Å². The number of nitriles is 1. The summed E-state index contributed by atoms with van der Waals surface area (Å²) in [7, 11) is 0. The van der Waals surface area contributed by atoms with Gasteiger partial charge in [-0.3, -0.25) is 0 Å². The Morgan fingerprint density at radius 3 is 3.00 bits per heavy atom. The van der Waals surface area contributed by atoms with E-state index in [1.807, 2.05) is 0 Å². The lowest BCUT2D eigenvalue weighted by Gasteiger charge is -2.29. The van der Waals surface area contributed by atoms with Gasteiger partial charge in [0.25, 0.3) is 0 Å². The number of thiazole rings is 1. The zero-order valence-corrected chi connectivity index (χ0v) is 11.6. The molecule has 2 aliphatic rings. The lowest BCUT2D eigenvalue weighted by Crippen LogP contribution is -2.44. The van der Waals surface area contributed by atoms with Crippen LogP contribution in [0.15, 0.2) is 0 Å². The highest BCUT2D eigenvalue weighted by Gasteiger charge is 2.35. The minimum Gasteiger partial charge on any atom is -0.343 e. The average Bonchev–Trinajstić information content (AvgIpc) is 3.08. The maximum absolute atomic E-state index is 8.96. The number of hydrogen-bond acceptors (Lipinski definition) is 5. The summed E-state index contributed by atoms with van der Waals surface area (Å²) in [6, 6.07) is 3.19. The molecule has 2 unspecified atom stereocenters. The maximum atomic E-state index is 8.96. The topological polar surface area (TPSA) is 52.0 Å². The minimum absolute atomic E-state index is 0.350. The maximum Gasteiger partial charge on any atom is 0.188 e. The molecule has 0 amide bonds. The average molecular weight is 283 g/mol. The Kier molecular flexibility index (Phi) is 3.42. The molecular weight excluding hydrogens is 268 g/mol. The minimum atomic E-state index is 0.350. The van der Waals surface area contributed by atoms with Crippen molar-refractivity contribution in [1.82, 2.24) is 10.3 Å². The van der Waals surface area contributed by atoms with E-state index >= 15 is 0 Å². The second kappa shape index (κ2) is 5.04. The molecule has 1 aromatic rings. The van der Waals surface area contributed by atoms with Gasteiger partial charge in [-0.1, -0.05) is 22.9 Å². The lowest BCUT2D eigenvalue weighted by molar-refractivity contribution is 0.482. The molecule has 2 atom stereocenters. The van der Waals surface area contributed by atoms with E-state index in [0.717, 1.165) is 18.2 Å². The molecule has 2 aliphatic heterocycles. The SMILES string of the molecule is N#Cc1sc(N2CCCC2C2CCCN2)nc1Cl. The number of halogens is 1. The summed E-state index contributed by atoms with van der Waals surface area (Å²) in [6.45, 7) is 2.15. The van der Waals surface area contributed by atoms with Crippen LogP contribution in [0.3, 0.4) is 0 Å². The molecule has 96 valence electrons. The third-order valence-electron chi connectivity index (χ3n) is 3.78. The molecule has 3 heterocycles. The van der Waals surface area contributed by atoms with Crippen molar-refractivity contribution < 1.29 is 0 Å². The van der Waals surface area contributed by atoms with Crippen LogP contribution in [0, 0.1) is 11.3 Å². The Bertz CT molecular complexity index is 475. The van der Waals surface area contributed by atoms with Crippen LogP contribution in [0.2, 0.25) is 5.15 Å². The van der Waals surface area contributed by atoms with Crippen molar-refractivity contribution in [3.63, 3.8) is 0 Å². The standard InChI is InChI=1S/C12H15ClN4S/c13-11-10(7-14)18-12(16-11)17-6-2-4-9(17)8-3-1-5-15-8/h8-9,15H,1-6H2. The summed E-state index contributed by atoms with van der Waals surface area (Å²) < 4.78 is 0. The number of hydrogen-bond donors (Lipinski definition) is 1. The van der Waals surface area contributed by atoms with E-state index in [0.29, 0.717) is 22.1 Å². The monoisotopic (exact) mass is 282 g/mol. The molecule has 2 fully saturated rings. The molecule has 1 N–H and O–H groups in total. The van der Waals surface area contributed by atoms with E-state index in [2.05, 4.69) is 21.3 Å². The molecule has 18 heavy (non-hydrogen) atoms. The van der Waals surface area contributed by atoms with Gasteiger partial charge in [-0.05, 0) is 32.2 Å². The number of nitrogens with one attached hydrogen (secondary N) is 1. The third kappa shape index (κ3) is 2.09. The highest BCUT2D eigenvalue weighted by atomic mass is 35.5. The van der Waals surface area contributed by atoms with Crippen molar-refractivity contribution in [3.05, 3.63) is 10.0 Å². The highest BCUT2D eigenvalue weighted by Crippen LogP contribution is 2.35. The first kappa shape index (κ1) is 12.2. The van der Waals surface area contributed by atoms with Gasteiger partial charge in [0.15, 0.2) is 10.3 Å². The number of nitrogens with zero attached hydrogens (tertiary/aromatic N) is 3. The molecule has 0 aliphatic carbocycles. The van der Waals surface area contributed by atoms with Crippen molar-refractivity contribution in [3.8, 4) is 6.07 Å². The van der Waals surface area contributed by atoms with Crippen molar-refractivity contribution in [2.45, 2.75) is 37.8 Å². The second-order valence-electron chi connectivity index (χ2n) is 4.83. The number of rotatable bonds is 2. The van der Waals surface area contributed by atoms with Crippen molar-refractivity contribution in [2.75, 3.05) is 18.0 Å². The van der Waals surface area contributed by atoms with Crippen LogP contribution in [0.1, 0.15) is 30.6 Å². The van der Waals surface area contributed by atoms with Gasteiger partial charge in [-0.15, -0.1) is 0 Å². The van der Waals surface area contributed by atoms with Crippen molar-refractivity contribution in [2.24, 2.45) is 0 Å². The fraction of sp³-hybridized carbons (Fsp3) is 0.667. The summed E-state index contributed by atoms with van der Waals surface area (Å²) >= 11 is 7.38. The molecule has 6 heteroatoms. The van der Waals surface area contributed by atoms with Gasteiger partial charge in [-0.25, -0.2) is 4.98 Å². The summed E-state index contributed by atoms with van der Waals surface area (Å²) in [6.07, 6.45) is 4.90. The summed E-state index contributed by atoms with van der Waals surface area (Å²) in [5.74, 6) is 0. The largest absolute Gasteiger partial charge is 0.343 e. The van der Waals surface area contributed by atoms with Crippen LogP contribution >= 0.6 is 22.9 Å². The van der Waals surface area contributed by atoms with E-state index in [4.69, 9.17) is 16.9 Å². The molecule has 0 spiro atoms. The zero-order valence-electron chi connectivity index (χ0n) is 10.0. The molecule has 0 aromatic carbocycles. The zero-order chi connectivity index (χ0) is 12.5. The fourth-order valence-electron chi connectivity index (χ4n) is 2.97. The first-order valence-electron chi connectivity index (χ1n) is 6.36. The van der Waals surface area contributed by atoms with Crippen LogP contribution in [-0.4, -0.2) is 30.2 Å². The van der Waals surface area contributed by atoms with Gasteiger partial charge in [0.1, 0.15) is 10.9 Å². The fourth-order valence-corrected chi connectivity index (χ4v) is 4.10. The van der Waals surface area contributed by atoms with E-state index < -0.39 is 0 Å². The Morgan fingerprint density at radius 1 is 1.44 bits per heavy atom. The summed E-state index contributed by atoms with van der Waals surface area (Å²) in [5.41, 5.74) is 0. The van der Waals surface area contributed by atoms with E-state index in [9.17, 15) is 0 Å². The van der Waals surface area contributed by atoms with Gasteiger partial charge in [0.2, 0.25) is 0 Å². The second-order valence-corrected chi connectivity index (χ2v) is 6.17. The normalized spacial score (nSPS) is 27.7. The van der Waals surface area contributed by atoms with Gasteiger partial charge in [0, 0.05) is 18.6 Å². The van der Waals surface area contributed by atoms with Gasteiger partial charge in [0.05, 0.1) is 0 Å². The molecule has 0 bridgehead atoms. The Morgan fingerprint density at radius 2 is 2.33 bits per heavy atom. The number of anilines is 1. The quantitative estimate of drug-likeness (QED) is 0.905. The lowest BCUT2D eigenvalue weighted by atomic mass is 10.0. The third-order valence-corrected chi connectivity index (χ3v) is 5.17. The van der Waals surface area contributed by atoms with Crippen molar-refractivity contribution in [1.29, 1.82) is 5.26 Å². The summed E-state index contributed by atoms with van der Waals surface area (Å²) in [5, 5.41) is 13.8. The molecule has 3 rings (SSSR count). The van der Waals surface area contributed by atoms with Gasteiger partial charge >= 0.3 is 0 Å². The Balaban J connectivity index is 1.83. The van der Waals surface area contributed by atoms with Crippen LogP contribution in [0.5, 0.6) is 0 Å². The first-order valence-corrected chi connectivity index (χ1v) is 7.55. The Hall–Kier alpha value is -0.830. The molecule has 4 nitrogen and oxygen atoms in total. The van der Waals surface area contributed by atoms with Crippen LogP contribution in [0.4, 0.5) is 5.13 Å². The molecule has 0 radical (unpaired) electrons. The predicted octanol–water partition coefficient (Wildman–Crippen LogP) is 2.39. The van der Waals surface area contributed by atoms with Crippen LogP contribution in [0.25, 0.3) is 0 Å². The van der Waals surface area contributed by atoms with Gasteiger partial charge in [-0.2, -0.15) is 5.26 Å². The number of aromatic nitrogens is 1. The smallest absolute Gasteiger partial charge is 0.188 e.